The minimum Gasteiger partial charge on any atom is -0.465 e. The van der Waals surface area contributed by atoms with E-state index in [2.05, 4.69) is 0 Å². The summed E-state index contributed by atoms with van der Waals surface area (Å²) in [6.07, 6.45) is -0.366. The number of nitro groups is 1. The maximum absolute atomic E-state index is 12.1. The molecule has 7 heteroatoms. The summed E-state index contributed by atoms with van der Waals surface area (Å²) in [6.45, 7) is 2.90. The zero-order valence-corrected chi connectivity index (χ0v) is 11.7. The molecule has 0 spiro atoms. The highest BCUT2D eigenvalue weighted by Gasteiger charge is 2.28. The molecule has 1 aromatic carbocycles. The first kappa shape index (κ1) is 16.5. The Hall–Kier alpha value is -2.57. The van der Waals surface area contributed by atoms with Crippen LogP contribution in [0.15, 0.2) is 24.3 Å². The van der Waals surface area contributed by atoms with E-state index in [1.165, 1.54) is 25.1 Å². The minimum atomic E-state index is -1.18. The van der Waals surface area contributed by atoms with Gasteiger partial charge in [-0.25, -0.2) is 0 Å². The molecule has 0 fully saturated rings. The van der Waals surface area contributed by atoms with Gasteiger partial charge in [-0.15, -0.1) is 0 Å². The predicted octanol–water partition coefficient (Wildman–Crippen LogP) is 1.94. The van der Waals surface area contributed by atoms with Gasteiger partial charge in [0.2, 0.25) is 0 Å². The largest absolute Gasteiger partial charge is 0.465 e. The van der Waals surface area contributed by atoms with Crippen LogP contribution in [0, 0.1) is 16.0 Å². The Morgan fingerprint density at radius 2 is 2.00 bits per heavy atom. The number of nitro benzene ring substituents is 1. The minimum absolute atomic E-state index is 0.0831. The third kappa shape index (κ3) is 4.48. The molecule has 112 valence electrons. The van der Waals surface area contributed by atoms with Crippen molar-refractivity contribution in [3.8, 4) is 0 Å². The van der Waals surface area contributed by atoms with E-state index < -0.39 is 28.4 Å². The van der Waals surface area contributed by atoms with Gasteiger partial charge >= 0.3 is 5.97 Å². The Balaban J connectivity index is 2.92. The maximum atomic E-state index is 12.1. The molecule has 7 nitrogen and oxygen atoms in total. The average Bonchev–Trinajstić information content (AvgIpc) is 2.44. The van der Waals surface area contributed by atoms with Crippen LogP contribution in [-0.4, -0.2) is 29.1 Å². The van der Waals surface area contributed by atoms with Gasteiger partial charge in [0.25, 0.3) is 5.69 Å². The van der Waals surface area contributed by atoms with Gasteiger partial charge in [-0.2, -0.15) is 0 Å². The highest BCUT2D eigenvalue weighted by Crippen LogP contribution is 2.17. The van der Waals surface area contributed by atoms with Crippen molar-refractivity contribution in [1.82, 2.24) is 0 Å². The van der Waals surface area contributed by atoms with Gasteiger partial charge in [-0.1, -0.05) is 12.1 Å². The molecule has 1 unspecified atom stereocenters. The molecule has 0 aliphatic rings. The number of non-ortho nitro benzene ring substituents is 1. The lowest BCUT2D eigenvalue weighted by molar-refractivity contribution is -0.384. The summed E-state index contributed by atoms with van der Waals surface area (Å²) in [6, 6.07) is 5.14. The summed E-state index contributed by atoms with van der Waals surface area (Å²) in [7, 11) is 0. The lowest BCUT2D eigenvalue weighted by Crippen LogP contribution is -2.27. The van der Waals surface area contributed by atoms with Crippen LogP contribution in [0.3, 0.4) is 0 Å². The standard InChI is InChI=1S/C14H15NO6/c1-3-21-14(18)12(9(2)16)8-13(17)10-5-4-6-11(7-10)15(19)20/h4-7,12H,3,8H2,1-2H3. The number of ketones is 2. The van der Waals surface area contributed by atoms with Gasteiger partial charge in [0.05, 0.1) is 11.5 Å². The van der Waals surface area contributed by atoms with Gasteiger partial charge in [0.15, 0.2) is 5.78 Å². The number of esters is 1. The molecule has 0 saturated heterocycles. The number of hydrogen-bond donors (Lipinski definition) is 0. The van der Waals surface area contributed by atoms with Crippen molar-refractivity contribution in [2.75, 3.05) is 6.61 Å². The van der Waals surface area contributed by atoms with Gasteiger partial charge in [0.1, 0.15) is 11.7 Å². The first-order chi connectivity index (χ1) is 9.86. The molecule has 0 amide bonds. The normalized spacial score (nSPS) is 11.5. The van der Waals surface area contributed by atoms with Crippen LogP contribution < -0.4 is 0 Å². The van der Waals surface area contributed by atoms with Crippen LogP contribution in [0.2, 0.25) is 0 Å². The zero-order chi connectivity index (χ0) is 16.0. The van der Waals surface area contributed by atoms with Gasteiger partial charge in [0, 0.05) is 24.1 Å². The summed E-state index contributed by atoms with van der Waals surface area (Å²) >= 11 is 0. The van der Waals surface area contributed by atoms with Crippen molar-refractivity contribution in [2.24, 2.45) is 5.92 Å². The van der Waals surface area contributed by atoms with Crippen molar-refractivity contribution < 1.29 is 24.0 Å². The molecule has 21 heavy (non-hydrogen) atoms. The summed E-state index contributed by atoms with van der Waals surface area (Å²) < 4.78 is 4.74. The number of Topliss-reactive ketones (excluding diaryl/α,β-unsaturated/α-hetero) is 2. The number of benzene rings is 1. The fourth-order valence-electron chi connectivity index (χ4n) is 1.73. The molecule has 0 heterocycles. The van der Waals surface area contributed by atoms with E-state index in [1.54, 1.807) is 6.92 Å². The number of carbonyl (C=O) groups is 3. The van der Waals surface area contributed by atoms with Crippen molar-refractivity contribution >= 4 is 23.2 Å². The van der Waals surface area contributed by atoms with E-state index in [9.17, 15) is 24.5 Å². The Morgan fingerprint density at radius 3 is 2.52 bits per heavy atom. The number of nitrogens with zero attached hydrogens (tertiary/aromatic N) is 1. The fraction of sp³-hybridized carbons (Fsp3) is 0.357. The van der Waals surface area contributed by atoms with E-state index in [0.717, 1.165) is 6.07 Å². The fourth-order valence-corrected chi connectivity index (χ4v) is 1.73. The second-order valence-corrected chi connectivity index (χ2v) is 4.35. The third-order valence-corrected chi connectivity index (χ3v) is 2.83. The monoisotopic (exact) mass is 293 g/mol. The van der Waals surface area contributed by atoms with Crippen LogP contribution in [0.5, 0.6) is 0 Å². The van der Waals surface area contributed by atoms with Gasteiger partial charge < -0.3 is 4.74 Å². The highest BCUT2D eigenvalue weighted by atomic mass is 16.6. The molecule has 0 aromatic heterocycles. The van der Waals surface area contributed by atoms with E-state index >= 15 is 0 Å². The molecule has 0 radical (unpaired) electrons. The molecular formula is C14H15NO6. The summed E-state index contributed by atoms with van der Waals surface area (Å²) in [5.74, 6) is -2.94. The van der Waals surface area contributed by atoms with Crippen LogP contribution >= 0.6 is 0 Å². The second kappa shape index (κ2) is 7.28. The Morgan fingerprint density at radius 1 is 1.33 bits per heavy atom. The molecular weight excluding hydrogens is 278 g/mol. The zero-order valence-electron chi connectivity index (χ0n) is 11.7. The summed E-state index contributed by atoms with van der Waals surface area (Å²) in [4.78, 5) is 45.2. The molecule has 0 aliphatic carbocycles. The SMILES string of the molecule is CCOC(=O)C(CC(=O)c1cccc([N+](=O)[O-])c1)C(C)=O. The summed E-state index contributed by atoms with van der Waals surface area (Å²) in [5.41, 5.74) is -0.142. The van der Waals surface area contributed by atoms with E-state index in [1.807, 2.05) is 0 Å². The molecule has 1 atom stereocenters. The lowest BCUT2D eigenvalue weighted by Gasteiger charge is -2.11. The molecule has 1 aromatic rings. The van der Waals surface area contributed by atoms with Crippen LogP contribution in [-0.2, 0) is 14.3 Å². The second-order valence-electron chi connectivity index (χ2n) is 4.35. The Kier molecular flexibility index (Phi) is 5.71. The number of carbonyl (C=O) groups excluding carboxylic acids is 3. The lowest BCUT2D eigenvalue weighted by atomic mass is 9.95. The smallest absolute Gasteiger partial charge is 0.316 e. The number of ether oxygens (including phenoxy) is 1. The topological polar surface area (TPSA) is 104 Å². The van der Waals surface area contributed by atoms with E-state index in [4.69, 9.17) is 4.74 Å². The first-order valence-corrected chi connectivity index (χ1v) is 6.31. The number of rotatable bonds is 7. The quantitative estimate of drug-likeness (QED) is 0.250. The summed E-state index contributed by atoms with van der Waals surface area (Å²) in [5, 5.41) is 10.7. The highest BCUT2D eigenvalue weighted by molar-refractivity contribution is 6.05. The van der Waals surface area contributed by atoms with Gasteiger partial charge in [-0.3, -0.25) is 24.5 Å². The molecule has 0 aliphatic heterocycles. The van der Waals surface area contributed by atoms with E-state index in [-0.39, 0.29) is 24.3 Å². The Bertz CT molecular complexity index is 581. The van der Waals surface area contributed by atoms with Crippen molar-refractivity contribution in [1.29, 1.82) is 0 Å². The molecule has 1 rings (SSSR count). The van der Waals surface area contributed by atoms with Crippen LogP contribution in [0.1, 0.15) is 30.6 Å². The van der Waals surface area contributed by atoms with Crippen molar-refractivity contribution in [3.63, 3.8) is 0 Å². The van der Waals surface area contributed by atoms with Crippen molar-refractivity contribution in [2.45, 2.75) is 20.3 Å². The average molecular weight is 293 g/mol. The molecule has 0 saturated carbocycles. The Labute approximate surface area is 121 Å². The predicted molar refractivity (Wildman–Crippen MR) is 72.8 cm³/mol. The third-order valence-electron chi connectivity index (χ3n) is 2.83. The maximum Gasteiger partial charge on any atom is 0.316 e. The van der Waals surface area contributed by atoms with Crippen LogP contribution in [0.25, 0.3) is 0 Å². The number of hydrogen-bond acceptors (Lipinski definition) is 6. The van der Waals surface area contributed by atoms with Crippen molar-refractivity contribution in [3.05, 3.63) is 39.9 Å². The van der Waals surface area contributed by atoms with E-state index in [0.29, 0.717) is 0 Å². The molecule has 0 N–H and O–H groups in total. The van der Waals surface area contributed by atoms with Gasteiger partial charge in [-0.05, 0) is 13.8 Å². The first-order valence-electron chi connectivity index (χ1n) is 6.31. The molecule has 0 bridgehead atoms. The van der Waals surface area contributed by atoms with Crippen LogP contribution in [0.4, 0.5) is 5.69 Å².